The maximum absolute atomic E-state index is 12.2. The molecule has 0 saturated heterocycles. The molecule has 0 fully saturated rings. The number of rotatable bonds is 6. The summed E-state index contributed by atoms with van der Waals surface area (Å²) in [6.07, 6.45) is 1.64. The zero-order chi connectivity index (χ0) is 19.7. The normalized spacial score (nSPS) is 11.1. The van der Waals surface area contributed by atoms with E-state index < -0.39 is 0 Å². The Labute approximate surface area is 168 Å². The summed E-state index contributed by atoms with van der Waals surface area (Å²) in [5.41, 5.74) is 2.04. The number of fused-ring (bicyclic) bond motifs is 3. The quantitative estimate of drug-likeness (QED) is 0.480. The van der Waals surface area contributed by atoms with Crippen molar-refractivity contribution in [3.8, 4) is 5.75 Å². The average molecular weight is 416 g/mol. The second-order valence-corrected chi connectivity index (χ2v) is 7.95. The van der Waals surface area contributed by atoms with E-state index >= 15 is 0 Å². The van der Waals surface area contributed by atoms with Crippen LogP contribution in [0.4, 0.5) is 10.8 Å². The number of thioether (sulfide) groups is 1. The van der Waals surface area contributed by atoms with Crippen LogP contribution in [0, 0.1) is 0 Å². The van der Waals surface area contributed by atoms with E-state index in [1.165, 1.54) is 23.1 Å². The topological polar surface area (TPSA) is 97.5 Å². The summed E-state index contributed by atoms with van der Waals surface area (Å²) >= 11 is 2.81. The van der Waals surface area contributed by atoms with Crippen molar-refractivity contribution in [3.05, 3.63) is 30.6 Å². The van der Waals surface area contributed by atoms with Gasteiger partial charge in [-0.15, -0.1) is 10.2 Å². The summed E-state index contributed by atoms with van der Waals surface area (Å²) < 4.78 is 7.76. The molecule has 3 heterocycles. The molecular weight excluding hydrogens is 398 g/mol. The van der Waals surface area contributed by atoms with Crippen molar-refractivity contribution in [1.82, 2.24) is 24.6 Å². The van der Waals surface area contributed by atoms with Crippen LogP contribution in [0.5, 0.6) is 5.75 Å². The lowest BCUT2D eigenvalue weighted by molar-refractivity contribution is -0.113. The van der Waals surface area contributed by atoms with Crippen molar-refractivity contribution in [1.29, 1.82) is 0 Å². The maximum Gasteiger partial charge on any atom is 0.234 e. The lowest BCUT2D eigenvalue weighted by Crippen LogP contribution is -2.14. The number of nitrogens with one attached hydrogen (secondary N) is 1. The number of carbonyl (C=O) groups is 1. The van der Waals surface area contributed by atoms with Gasteiger partial charge < -0.3 is 15.0 Å². The van der Waals surface area contributed by atoms with Crippen LogP contribution in [0.2, 0.25) is 0 Å². The van der Waals surface area contributed by atoms with Crippen LogP contribution in [-0.2, 0) is 4.79 Å². The molecular formula is C17H17N7O2S2. The highest BCUT2D eigenvalue weighted by molar-refractivity contribution is 7.99. The number of methoxy groups -OCH3 is 1. The number of hydrogen-bond donors (Lipinski definition) is 1. The van der Waals surface area contributed by atoms with E-state index in [1.807, 2.05) is 19.0 Å². The fraction of sp³-hybridized carbons (Fsp3) is 0.235. The molecule has 0 atom stereocenters. The number of amides is 1. The molecule has 28 heavy (non-hydrogen) atoms. The molecule has 3 aromatic heterocycles. The highest BCUT2D eigenvalue weighted by Crippen LogP contribution is 2.30. The van der Waals surface area contributed by atoms with E-state index in [0.717, 1.165) is 15.6 Å². The van der Waals surface area contributed by atoms with Gasteiger partial charge in [0.15, 0.2) is 21.6 Å². The minimum atomic E-state index is -0.131. The zero-order valence-electron chi connectivity index (χ0n) is 15.4. The predicted octanol–water partition coefficient (Wildman–Crippen LogP) is 2.54. The Kier molecular flexibility index (Phi) is 5.01. The number of aromatic nitrogens is 5. The minimum Gasteiger partial charge on any atom is -0.497 e. The van der Waals surface area contributed by atoms with Crippen molar-refractivity contribution < 1.29 is 9.53 Å². The molecule has 0 aliphatic rings. The third kappa shape index (κ3) is 3.58. The molecule has 0 radical (unpaired) electrons. The van der Waals surface area contributed by atoms with E-state index in [1.54, 1.807) is 42.1 Å². The zero-order valence-corrected chi connectivity index (χ0v) is 17.0. The lowest BCUT2D eigenvalue weighted by atomic mass is 10.3. The number of benzene rings is 1. The van der Waals surface area contributed by atoms with Crippen LogP contribution < -0.4 is 15.0 Å². The third-order valence-corrected chi connectivity index (χ3v) is 6.00. The second-order valence-electron chi connectivity index (χ2n) is 6.03. The highest BCUT2D eigenvalue weighted by Gasteiger charge is 2.16. The van der Waals surface area contributed by atoms with Gasteiger partial charge in [-0.25, -0.2) is 4.98 Å². The van der Waals surface area contributed by atoms with Crippen LogP contribution in [0.3, 0.4) is 0 Å². The summed E-state index contributed by atoms with van der Waals surface area (Å²) in [5.74, 6) is 0.812. The number of hydrogen-bond acceptors (Lipinski definition) is 9. The van der Waals surface area contributed by atoms with Gasteiger partial charge in [-0.2, -0.15) is 4.98 Å². The summed E-state index contributed by atoms with van der Waals surface area (Å²) in [4.78, 5) is 23.0. The van der Waals surface area contributed by atoms with Crippen LogP contribution in [-0.4, -0.2) is 57.4 Å². The van der Waals surface area contributed by atoms with E-state index in [9.17, 15) is 4.79 Å². The molecule has 1 N–H and O–H groups in total. The van der Waals surface area contributed by atoms with Crippen LogP contribution in [0.25, 0.3) is 16.0 Å². The summed E-state index contributed by atoms with van der Waals surface area (Å²) in [6.45, 7) is 0. The van der Waals surface area contributed by atoms with Crippen molar-refractivity contribution in [2.75, 3.05) is 37.2 Å². The van der Waals surface area contributed by atoms with Crippen LogP contribution in [0.1, 0.15) is 0 Å². The van der Waals surface area contributed by atoms with Crippen LogP contribution >= 0.6 is 23.1 Å². The molecule has 0 unspecified atom stereocenters. The van der Waals surface area contributed by atoms with Gasteiger partial charge in [0.2, 0.25) is 5.91 Å². The monoisotopic (exact) mass is 415 g/mol. The van der Waals surface area contributed by atoms with Crippen molar-refractivity contribution in [2.45, 2.75) is 5.16 Å². The molecule has 1 aromatic carbocycles. The fourth-order valence-electron chi connectivity index (χ4n) is 2.47. The third-order valence-electron chi connectivity index (χ3n) is 3.85. The first-order valence-electron chi connectivity index (χ1n) is 8.29. The molecule has 4 aromatic rings. The molecule has 9 nitrogen and oxygen atoms in total. The maximum atomic E-state index is 12.2. The first-order valence-corrected chi connectivity index (χ1v) is 10.1. The van der Waals surface area contributed by atoms with Gasteiger partial charge in [-0.1, -0.05) is 23.1 Å². The Morgan fingerprint density at radius 1 is 1.29 bits per heavy atom. The number of nitrogens with zero attached hydrogens (tertiary/aromatic N) is 6. The highest BCUT2D eigenvalue weighted by atomic mass is 32.2. The van der Waals surface area contributed by atoms with Gasteiger partial charge in [0, 0.05) is 19.8 Å². The second kappa shape index (κ2) is 7.60. The standard InChI is InChI=1S/C17H17N7O2S2/c1-23(2)16-20-14-13(28-16)15-21-22-17(24(15)9-18-14)27-8-12(25)19-10-4-6-11(26-3)7-5-10/h4-7,9H,8H2,1-3H3,(H,19,25). The Hall–Kier alpha value is -2.92. The molecule has 0 spiro atoms. The predicted molar refractivity (Wildman–Crippen MR) is 111 cm³/mol. The van der Waals surface area contributed by atoms with E-state index in [2.05, 4.69) is 25.5 Å². The van der Waals surface area contributed by atoms with Gasteiger partial charge in [0.25, 0.3) is 0 Å². The van der Waals surface area contributed by atoms with Gasteiger partial charge in [-0.3, -0.25) is 9.20 Å². The molecule has 1 amide bonds. The van der Waals surface area contributed by atoms with Crippen molar-refractivity contribution in [3.63, 3.8) is 0 Å². The molecule has 144 valence electrons. The van der Waals surface area contributed by atoms with E-state index in [4.69, 9.17) is 4.74 Å². The lowest BCUT2D eigenvalue weighted by Gasteiger charge is -2.05. The Morgan fingerprint density at radius 3 is 2.79 bits per heavy atom. The largest absolute Gasteiger partial charge is 0.497 e. The molecule has 0 aliphatic carbocycles. The number of anilines is 2. The number of ether oxygens (including phenoxy) is 1. The Bertz CT molecular complexity index is 1140. The van der Waals surface area contributed by atoms with Gasteiger partial charge >= 0.3 is 0 Å². The summed E-state index contributed by atoms with van der Waals surface area (Å²) in [6, 6.07) is 7.17. The first-order chi connectivity index (χ1) is 13.5. The summed E-state index contributed by atoms with van der Waals surface area (Å²) in [5, 5.41) is 12.8. The molecule has 0 saturated carbocycles. The van der Waals surface area contributed by atoms with E-state index in [-0.39, 0.29) is 11.7 Å². The first kappa shape index (κ1) is 18.4. The van der Waals surface area contributed by atoms with Crippen molar-refractivity contribution >= 4 is 55.8 Å². The average Bonchev–Trinajstić information content (AvgIpc) is 3.30. The molecule has 11 heteroatoms. The summed E-state index contributed by atoms with van der Waals surface area (Å²) in [7, 11) is 5.46. The smallest absolute Gasteiger partial charge is 0.234 e. The Balaban J connectivity index is 1.48. The number of thiazole rings is 1. The van der Waals surface area contributed by atoms with E-state index in [0.29, 0.717) is 22.1 Å². The molecule has 4 rings (SSSR count). The molecule has 0 aliphatic heterocycles. The minimum absolute atomic E-state index is 0.131. The van der Waals surface area contributed by atoms with Gasteiger partial charge in [0.05, 0.1) is 12.9 Å². The van der Waals surface area contributed by atoms with Crippen molar-refractivity contribution in [2.24, 2.45) is 0 Å². The SMILES string of the molecule is COc1ccc(NC(=O)CSc2nnc3c4sc(N(C)C)nc4ncn23)cc1. The van der Waals surface area contributed by atoms with Crippen LogP contribution in [0.15, 0.2) is 35.7 Å². The Morgan fingerprint density at radius 2 is 2.07 bits per heavy atom. The van der Waals surface area contributed by atoms with Gasteiger partial charge in [0.1, 0.15) is 16.8 Å². The number of carbonyl (C=O) groups excluding carboxylic acids is 1. The fourth-order valence-corrected chi connectivity index (χ4v) is 4.09. The molecule has 0 bridgehead atoms. The van der Waals surface area contributed by atoms with Gasteiger partial charge in [-0.05, 0) is 24.3 Å².